The lowest BCUT2D eigenvalue weighted by atomic mass is 9.79. The van der Waals surface area contributed by atoms with Crippen molar-refractivity contribution in [2.45, 2.75) is 25.7 Å². The van der Waals surface area contributed by atoms with Crippen molar-refractivity contribution in [1.82, 2.24) is 0 Å². The maximum Gasteiger partial charge on any atom is 0.318 e. The highest BCUT2D eigenvalue weighted by Crippen LogP contribution is 2.41. The largest absolute Gasteiger partial charge is 0.425 e. The number of fused-ring (bicyclic) bond motifs is 2. The van der Waals surface area contributed by atoms with Crippen LogP contribution in [0.4, 0.5) is 0 Å². The molecule has 1 unspecified atom stereocenters. The van der Waals surface area contributed by atoms with E-state index in [0.29, 0.717) is 11.7 Å². The Morgan fingerprint density at radius 2 is 1.58 bits per heavy atom. The molecule has 4 aromatic rings. The van der Waals surface area contributed by atoms with Crippen molar-refractivity contribution in [3.05, 3.63) is 91.5 Å². The van der Waals surface area contributed by atoms with Crippen molar-refractivity contribution >= 4 is 27.5 Å². The number of carbonyl (C=O) groups excluding carboxylic acids is 1. The summed E-state index contributed by atoms with van der Waals surface area (Å²) < 4.78 is 6.07. The summed E-state index contributed by atoms with van der Waals surface area (Å²) in [5.74, 6) is 0.751. The van der Waals surface area contributed by atoms with Crippen LogP contribution in [-0.4, -0.2) is 5.97 Å². The SMILES string of the molecule is C=CC(CC1CCC1)C(=O)Oc1ccc2ccccc2c1-c1cccc2ccccc12. The molecule has 0 saturated heterocycles. The maximum absolute atomic E-state index is 13.1. The van der Waals surface area contributed by atoms with Crippen molar-refractivity contribution in [2.75, 3.05) is 0 Å². The molecule has 1 atom stereocenters. The van der Waals surface area contributed by atoms with Gasteiger partial charge in [0.05, 0.1) is 5.92 Å². The molecule has 0 amide bonds. The normalized spacial score (nSPS) is 14.8. The Morgan fingerprint density at radius 1 is 0.903 bits per heavy atom. The number of carbonyl (C=O) groups is 1. The Morgan fingerprint density at radius 3 is 2.29 bits per heavy atom. The van der Waals surface area contributed by atoms with E-state index in [1.165, 1.54) is 24.6 Å². The van der Waals surface area contributed by atoms with E-state index in [2.05, 4.69) is 55.1 Å². The molecule has 1 fully saturated rings. The van der Waals surface area contributed by atoms with Crippen LogP contribution in [0.3, 0.4) is 0 Å². The summed E-state index contributed by atoms with van der Waals surface area (Å²) in [4.78, 5) is 13.1. The fourth-order valence-corrected chi connectivity index (χ4v) is 4.62. The summed E-state index contributed by atoms with van der Waals surface area (Å²) >= 11 is 0. The molecule has 0 spiro atoms. The number of benzene rings is 4. The van der Waals surface area contributed by atoms with Crippen molar-refractivity contribution < 1.29 is 9.53 Å². The molecule has 1 aliphatic carbocycles. The standard InChI is InChI=1S/C29H26O2/c1-2-21(19-20-9-7-10-20)29(30)31-27-18-17-23-12-4-6-15-25(23)28(27)26-16-8-13-22-11-3-5-14-24(22)26/h2-6,8,11-18,20-21H,1,7,9-10,19H2. The summed E-state index contributed by atoms with van der Waals surface area (Å²) in [7, 11) is 0. The molecule has 2 heteroatoms. The number of esters is 1. The fourth-order valence-electron chi connectivity index (χ4n) is 4.62. The zero-order valence-corrected chi connectivity index (χ0v) is 17.6. The first-order valence-electron chi connectivity index (χ1n) is 11.1. The van der Waals surface area contributed by atoms with Gasteiger partial charge in [0, 0.05) is 5.56 Å². The summed E-state index contributed by atoms with van der Waals surface area (Å²) in [5.41, 5.74) is 2.04. The second kappa shape index (κ2) is 8.39. The second-order valence-corrected chi connectivity index (χ2v) is 8.48. The first kappa shape index (κ1) is 19.6. The highest BCUT2D eigenvalue weighted by Gasteiger charge is 2.27. The Kier molecular flexibility index (Phi) is 5.30. The lowest BCUT2D eigenvalue weighted by Crippen LogP contribution is -2.24. The van der Waals surface area contributed by atoms with Gasteiger partial charge in [-0.1, -0.05) is 98.1 Å². The van der Waals surface area contributed by atoms with Crippen LogP contribution in [0, 0.1) is 11.8 Å². The minimum absolute atomic E-state index is 0.210. The van der Waals surface area contributed by atoms with Crippen molar-refractivity contribution in [3.8, 4) is 16.9 Å². The van der Waals surface area contributed by atoms with Gasteiger partial charge >= 0.3 is 5.97 Å². The predicted molar refractivity (Wildman–Crippen MR) is 128 cm³/mol. The molecule has 0 aromatic heterocycles. The second-order valence-electron chi connectivity index (χ2n) is 8.48. The van der Waals surface area contributed by atoms with Gasteiger partial charge in [0.2, 0.25) is 0 Å². The van der Waals surface area contributed by atoms with Crippen molar-refractivity contribution in [1.29, 1.82) is 0 Å². The van der Waals surface area contributed by atoms with Gasteiger partial charge in [0.25, 0.3) is 0 Å². The fraction of sp³-hybridized carbons (Fsp3) is 0.207. The monoisotopic (exact) mass is 406 g/mol. The van der Waals surface area contributed by atoms with Gasteiger partial charge in [-0.05, 0) is 45.5 Å². The number of hydrogen-bond donors (Lipinski definition) is 0. The third-order valence-corrected chi connectivity index (χ3v) is 6.56. The van der Waals surface area contributed by atoms with E-state index in [9.17, 15) is 4.79 Å². The summed E-state index contributed by atoms with van der Waals surface area (Å²) in [6, 6.07) is 26.9. The molecule has 1 aliphatic rings. The van der Waals surface area contributed by atoms with E-state index in [1.54, 1.807) is 6.08 Å². The van der Waals surface area contributed by atoms with Crippen LogP contribution in [0.25, 0.3) is 32.7 Å². The van der Waals surface area contributed by atoms with Gasteiger partial charge < -0.3 is 4.74 Å². The highest BCUT2D eigenvalue weighted by molar-refractivity contribution is 6.08. The van der Waals surface area contributed by atoms with Crippen LogP contribution in [0.5, 0.6) is 5.75 Å². The van der Waals surface area contributed by atoms with Crippen molar-refractivity contribution in [2.24, 2.45) is 11.8 Å². The lowest BCUT2D eigenvalue weighted by molar-refractivity contribution is -0.138. The van der Waals surface area contributed by atoms with E-state index >= 15 is 0 Å². The van der Waals surface area contributed by atoms with E-state index < -0.39 is 0 Å². The molecule has 0 heterocycles. The molecule has 31 heavy (non-hydrogen) atoms. The summed E-state index contributed by atoms with van der Waals surface area (Å²) in [5, 5.41) is 4.52. The Bertz CT molecular complexity index is 1260. The zero-order valence-electron chi connectivity index (χ0n) is 17.6. The molecule has 0 N–H and O–H groups in total. The Hall–Kier alpha value is -3.39. The van der Waals surface area contributed by atoms with Gasteiger partial charge in [-0.25, -0.2) is 0 Å². The quantitative estimate of drug-likeness (QED) is 0.188. The number of rotatable bonds is 6. The molecular formula is C29H26O2. The molecule has 4 aromatic carbocycles. The molecule has 0 radical (unpaired) electrons. The van der Waals surface area contributed by atoms with Gasteiger partial charge in [-0.15, -0.1) is 6.58 Å². The number of hydrogen-bond acceptors (Lipinski definition) is 2. The molecule has 2 nitrogen and oxygen atoms in total. The molecular weight excluding hydrogens is 380 g/mol. The molecule has 0 aliphatic heterocycles. The third-order valence-electron chi connectivity index (χ3n) is 6.56. The average molecular weight is 407 g/mol. The molecule has 5 rings (SSSR count). The van der Waals surface area contributed by atoms with Crippen LogP contribution in [0.1, 0.15) is 25.7 Å². The van der Waals surface area contributed by atoms with Crippen LogP contribution in [-0.2, 0) is 4.79 Å². The van der Waals surface area contributed by atoms with Crippen LogP contribution < -0.4 is 4.74 Å². The summed E-state index contributed by atoms with van der Waals surface area (Å²) in [6.07, 6.45) is 6.25. The lowest BCUT2D eigenvalue weighted by Gasteiger charge is -2.27. The smallest absolute Gasteiger partial charge is 0.318 e. The predicted octanol–water partition coefficient (Wildman–Crippen LogP) is 7.56. The van der Waals surface area contributed by atoms with Gasteiger partial charge in [0.1, 0.15) is 5.75 Å². The van der Waals surface area contributed by atoms with Gasteiger partial charge in [-0.2, -0.15) is 0 Å². The van der Waals surface area contributed by atoms with E-state index in [-0.39, 0.29) is 11.9 Å². The first-order chi connectivity index (χ1) is 15.2. The van der Waals surface area contributed by atoms with Crippen molar-refractivity contribution in [3.63, 3.8) is 0 Å². The maximum atomic E-state index is 13.1. The molecule has 154 valence electrons. The average Bonchev–Trinajstić information content (AvgIpc) is 2.78. The number of ether oxygens (including phenoxy) is 1. The Balaban J connectivity index is 1.62. The minimum atomic E-state index is -0.267. The molecule has 0 bridgehead atoms. The topological polar surface area (TPSA) is 26.3 Å². The van der Waals surface area contributed by atoms with Crippen LogP contribution in [0.15, 0.2) is 91.5 Å². The van der Waals surface area contributed by atoms with Gasteiger partial charge in [-0.3, -0.25) is 4.79 Å². The zero-order chi connectivity index (χ0) is 21.2. The minimum Gasteiger partial charge on any atom is -0.425 e. The van der Waals surface area contributed by atoms with Gasteiger partial charge in [0.15, 0.2) is 0 Å². The van der Waals surface area contributed by atoms with Crippen LogP contribution >= 0.6 is 0 Å². The summed E-state index contributed by atoms with van der Waals surface area (Å²) in [6.45, 7) is 3.91. The van der Waals surface area contributed by atoms with E-state index in [0.717, 1.165) is 33.7 Å². The third kappa shape index (κ3) is 3.74. The highest BCUT2D eigenvalue weighted by atomic mass is 16.5. The Labute approximate surface area is 183 Å². The first-order valence-corrected chi connectivity index (χ1v) is 11.1. The van der Waals surface area contributed by atoms with E-state index in [4.69, 9.17) is 4.74 Å². The molecule has 1 saturated carbocycles. The van der Waals surface area contributed by atoms with E-state index in [1.807, 2.05) is 30.3 Å². The van der Waals surface area contributed by atoms with Crippen LogP contribution in [0.2, 0.25) is 0 Å².